The van der Waals surface area contributed by atoms with E-state index < -0.39 is 285 Å². The number of hydrogen-bond acceptors (Lipinski definition) is 32. The summed E-state index contributed by atoms with van der Waals surface area (Å²) in [5, 5.41) is 113. The zero-order valence-electron chi connectivity index (χ0n) is 80.2. The summed E-state index contributed by atoms with van der Waals surface area (Å²) < 4.78 is 0. The van der Waals surface area contributed by atoms with Gasteiger partial charge in [0.15, 0.2) is 17.9 Å². The lowest BCUT2D eigenvalue weighted by Crippen LogP contribution is -2.62. The van der Waals surface area contributed by atoms with Gasteiger partial charge in [-0.3, -0.25) is 107 Å². The van der Waals surface area contributed by atoms with Crippen LogP contribution in [-0.2, 0) is 95.9 Å². The van der Waals surface area contributed by atoms with E-state index in [0.717, 1.165) is 6.92 Å². The first kappa shape index (κ1) is 127. The monoisotopic (exact) mass is 2000 g/mol. The topological polar surface area (TPSA) is 1010 Å². The van der Waals surface area contributed by atoms with E-state index in [1.54, 1.807) is 13.8 Å². The van der Waals surface area contributed by atoms with Gasteiger partial charge in [-0.25, -0.2) is 4.79 Å². The molecule has 0 bridgehead atoms. The van der Waals surface area contributed by atoms with Crippen molar-refractivity contribution in [3.63, 3.8) is 0 Å². The van der Waals surface area contributed by atoms with Gasteiger partial charge in [0, 0.05) is 26.1 Å². The standard InChI is InChI=1S/C82H154N34O24/c1-43(2)63(115-74(134)50(21-8-13-31-85)107-60(122)38-99-59(121)37-101-69(129)55(27-28-58(89)120)110-72(132)49(20-7-12-30-84)106-62(124)40-102-68(128)48(24-16-34-96-80(90)91)105-61(123)39-100-67(127)47(88)19-6-11-29-83)77(137)111-53(25-17-35-97-81(92)93)71(131)104-44(3)65(125)108-51(22-9-14-32-86)70(130)103-45(4)66(126)109-52(23-10-15-33-87)75(135)116-64(46(5)119)78(138)112-54(26-18-36-98-82(94)95)73(133)113-56(41-117)76(136)114-57(42-118)79(139)140/h43-57,63-64,117-119H,6-42,83-88H2,1-5H3,(H2,89,120)(H,99,121)(H,100,127)(H,101,129)(H,102,128)(H,103,130)(H,104,131)(H,105,123)(H,106,124)(H,107,122)(H,108,125)(H,109,126)(H,110,132)(H,111,137)(H,112,138)(H,113,133)(H,114,136)(H,115,134)(H,116,135)(H,139,140)(H4,90,91,96)(H4,92,93,97)(H4,94,95,98)/t44-,45-,46+,47-,48-,49-,50-,51-,52-,53-,54-,55-,56-,57-,63+,64-/m0/s1. The SMILES string of the molecule is CC(C)[C@@H](NC(=O)[C@H](CCCCN)NC(=O)CNC(=O)CNC(=O)[C@H](CCC(N)=O)NC(=O)[C@H](CCCCN)NC(=O)CNC(=O)[C@H](CCCNC(=N)N)NC(=O)CNC(=O)[C@@H](N)CCCCN)C(=O)N[C@@H](CCCNC(=N)N)C(=O)N[C@@H](C)C(=O)N[C@@H](CCCCN)C(=O)N[C@@H](C)C(=O)N[C@@H](CCCCN)C(=O)N[C@H](C(=O)N[C@@H](CCCNC(=N)N)C(=O)N[C@@H](CO)C(=O)N[C@@H](CO)C(=O)O)[C@@H](C)O. The minimum Gasteiger partial charge on any atom is -0.480 e. The van der Waals surface area contributed by atoms with Crippen molar-refractivity contribution in [2.24, 2.45) is 63.3 Å². The highest BCUT2D eigenvalue weighted by Gasteiger charge is 2.39. The number of primary amides is 1. The number of rotatable bonds is 76. The van der Waals surface area contributed by atoms with E-state index in [4.69, 9.17) is 73.6 Å². The lowest BCUT2D eigenvalue weighted by Gasteiger charge is -2.28. The van der Waals surface area contributed by atoms with Gasteiger partial charge in [0.05, 0.1) is 51.5 Å². The number of unbranched alkanes of at least 4 members (excludes halogenated alkanes) is 5. The summed E-state index contributed by atoms with van der Waals surface area (Å²) in [6, 6.07) is -22.7. The van der Waals surface area contributed by atoms with Crippen molar-refractivity contribution >= 4 is 136 Å². The predicted octanol–water partition coefficient (Wildman–Crippen LogP) is -15.6. The number of carbonyl (C=O) groups is 20. The average Bonchev–Trinajstić information content (AvgIpc) is 0.849. The van der Waals surface area contributed by atoms with Crippen LogP contribution in [0.2, 0.25) is 0 Å². The van der Waals surface area contributed by atoms with Crippen LogP contribution in [0.1, 0.15) is 182 Å². The fourth-order valence-electron chi connectivity index (χ4n) is 13.0. The number of nitrogens with one attached hydrogen (secondary N) is 24. The van der Waals surface area contributed by atoms with E-state index in [2.05, 4.69) is 106 Å². The van der Waals surface area contributed by atoms with E-state index in [1.165, 1.54) is 13.8 Å². The molecule has 140 heavy (non-hydrogen) atoms. The number of amides is 19. The maximum Gasteiger partial charge on any atom is 0.328 e. The van der Waals surface area contributed by atoms with Crippen molar-refractivity contribution in [2.45, 2.75) is 279 Å². The van der Waals surface area contributed by atoms with Gasteiger partial charge < -0.3 is 189 Å². The molecule has 0 heterocycles. The Morgan fingerprint density at radius 2 is 0.536 bits per heavy atom. The van der Waals surface area contributed by atoms with Crippen LogP contribution in [0.4, 0.5) is 0 Å². The third-order valence-electron chi connectivity index (χ3n) is 21.0. The molecule has 0 radical (unpaired) electrons. The molecule has 0 unspecified atom stereocenters. The first-order chi connectivity index (χ1) is 66.1. The largest absolute Gasteiger partial charge is 0.480 e. The molecule has 0 aliphatic heterocycles. The summed E-state index contributed by atoms with van der Waals surface area (Å²) >= 11 is 0. The number of aliphatic carboxylic acids is 1. The van der Waals surface area contributed by atoms with Gasteiger partial charge in [-0.1, -0.05) is 20.3 Å². The molecule has 19 amide bonds. The molecule has 16 atom stereocenters. The Kier molecular flexibility index (Phi) is 65.4. The zero-order valence-corrected chi connectivity index (χ0v) is 80.2. The second-order valence-corrected chi connectivity index (χ2v) is 33.3. The Morgan fingerprint density at radius 3 is 0.871 bits per heavy atom. The summed E-state index contributed by atoms with van der Waals surface area (Å²) in [6.07, 6.45) is 0.410. The molecule has 48 N–H and O–H groups in total. The summed E-state index contributed by atoms with van der Waals surface area (Å²) in [4.78, 5) is 271. The quantitative estimate of drug-likeness (QED) is 0.0153. The number of hydrogen-bond donors (Lipinski definition) is 38. The zero-order chi connectivity index (χ0) is 106. The molecule has 0 aromatic carbocycles. The number of nitrogens with two attached hydrogens (primary N) is 10. The maximum absolute atomic E-state index is 14.4. The van der Waals surface area contributed by atoms with Crippen LogP contribution in [0.15, 0.2) is 0 Å². The highest BCUT2D eigenvalue weighted by atomic mass is 16.4. The van der Waals surface area contributed by atoms with Gasteiger partial charge >= 0.3 is 5.97 Å². The van der Waals surface area contributed by atoms with E-state index in [1.807, 2.05) is 5.32 Å². The lowest BCUT2D eigenvalue weighted by atomic mass is 10.0. The first-order valence-corrected chi connectivity index (χ1v) is 46.4. The van der Waals surface area contributed by atoms with E-state index in [-0.39, 0.29) is 142 Å². The van der Waals surface area contributed by atoms with Crippen LogP contribution < -0.4 is 169 Å². The highest BCUT2D eigenvalue weighted by molar-refractivity contribution is 6.01. The second kappa shape index (κ2) is 72.2. The van der Waals surface area contributed by atoms with Crippen molar-refractivity contribution in [3.05, 3.63) is 0 Å². The summed E-state index contributed by atoms with van der Waals surface area (Å²) in [5.74, 6) is -22.0. The Hall–Kier alpha value is -13.1. The Bertz CT molecular complexity index is 4020. The molecule has 0 aromatic rings. The number of carboxylic acids is 1. The van der Waals surface area contributed by atoms with Crippen LogP contribution in [0, 0.1) is 22.1 Å². The van der Waals surface area contributed by atoms with Crippen LogP contribution >= 0.6 is 0 Å². The van der Waals surface area contributed by atoms with Gasteiger partial charge in [0.2, 0.25) is 112 Å². The van der Waals surface area contributed by atoms with Crippen LogP contribution in [0.25, 0.3) is 0 Å². The van der Waals surface area contributed by atoms with Crippen LogP contribution in [0.5, 0.6) is 0 Å². The smallest absolute Gasteiger partial charge is 0.328 e. The molecule has 0 saturated carbocycles. The van der Waals surface area contributed by atoms with E-state index >= 15 is 0 Å². The molecule has 58 heteroatoms. The Morgan fingerprint density at radius 1 is 0.271 bits per heavy atom. The third-order valence-corrected chi connectivity index (χ3v) is 21.0. The second-order valence-electron chi connectivity index (χ2n) is 33.3. The molecule has 0 fully saturated rings. The average molecular weight is 2000 g/mol. The third kappa shape index (κ3) is 55.4. The minimum atomic E-state index is -1.88. The fraction of sp³-hybridized carbons (Fsp3) is 0.720. The van der Waals surface area contributed by atoms with E-state index in [0.29, 0.717) is 51.5 Å². The maximum atomic E-state index is 14.4. The summed E-state index contributed by atoms with van der Waals surface area (Å²) in [5.41, 5.74) is 56.1. The highest BCUT2D eigenvalue weighted by Crippen LogP contribution is 2.14. The molecule has 0 spiro atoms. The van der Waals surface area contributed by atoms with Crippen molar-refractivity contribution in [1.29, 1.82) is 16.2 Å². The summed E-state index contributed by atoms with van der Waals surface area (Å²) in [7, 11) is 0. The Labute approximate surface area is 811 Å². The van der Waals surface area contributed by atoms with Gasteiger partial charge in [-0.05, 0) is 194 Å². The molecule has 0 rings (SSSR count). The van der Waals surface area contributed by atoms with Gasteiger partial charge in [0.25, 0.3) is 0 Å². The molecule has 796 valence electrons. The number of carboxylic acid groups (broad SMARTS) is 1. The van der Waals surface area contributed by atoms with Crippen molar-refractivity contribution in [2.75, 3.05) is 91.8 Å². The lowest BCUT2D eigenvalue weighted by molar-refractivity contribution is -0.143. The molecule has 0 aliphatic rings. The Balaban J connectivity index is 6.68. The summed E-state index contributed by atoms with van der Waals surface area (Å²) in [6.45, 7) is 2.57. The van der Waals surface area contributed by atoms with Gasteiger partial charge in [0.1, 0.15) is 84.6 Å². The van der Waals surface area contributed by atoms with Crippen LogP contribution in [0.3, 0.4) is 0 Å². The molecule has 58 nitrogen and oxygen atoms in total. The first-order valence-electron chi connectivity index (χ1n) is 46.4. The fourth-order valence-corrected chi connectivity index (χ4v) is 13.0. The molecule has 0 saturated heterocycles. The van der Waals surface area contributed by atoms with Crippen molar-refractivity contribution < 1.29 is 116 Å². The molecule has 0 aliphatic carbocycles. The van der Waals surface area contributed by atoms with Crippen molar-refractivity contribution in [3.8, 4) is 0 Å². The normalized spacial score (nSPS) is 14.4. The number of carbonyl (C=O) groups excluding carboxylic acids is 19. The minimum absolute atomic E-state index is 0.00420. The van der Waals surface area contributed by atoms with Gasteiger partial charge in [-0.15, -0.1) is 0 Å². The number of aliphatic hydroxyl groups is 3. The van der Waals surface area contributed by atoms with E-state index in [9.17, 15) is 116 Å². The molecule has 0 aromatic heterocycles. The van der Waals surface area contributed by atoms with Crippen LogP contribution in [-0.4, -0.2) is 345 Å². The number of guanidine groups is 3. The molecular formula is C82H154N34O24. The number of aliphatic hydroxyl groups excluding tert-OH is 3. The molecular weight excluding hydrogens is 1850 g/mol. The van der Waals surface area contributed by atoms with Gasteiger partial charge in [-0.2, -0.15) is 0 Å². The predicted molar refractivity (Wildman–Crippen MR) is 507 cm³/mol. The van der Waals surface area contributed by atoms with Crippen molar-refractivity contribution in [1.82, 2.24) is 112 Å².